The van der Waals surface area contributed by atoms with Gasteiger partial charge < -0.3 is 9.84 Å². The fourth-order valence-corrected chi connectivity index (χ4v) is 3.56. The van der Waals surface area contributed by atoms with Crippen molar-refractivity contribution in [1.82, 2.24) is 0 Å². The Morgan fingerprint density at radius 1 is 0.793 bits per heavy atom. The van der Waals surface area contributed by atoms with Gasteiger partial charge in [-0.25, -0.2) is 0 Å². The molecule has 0 aromatic heterocycles. The third-order valence-corrected chi connectivity index (χ3v) is 5.08. The van der Waals surface area contributed by atoms with Crippen LogP contribution in [0, 0.1) is 0 Å². The van der Waals surface area contributed by atoms with Gasteiger partial charge in [0, 0.05) is 16.8 Å². The third-order valence-electron chi connectivity index (χ3n) is 4.27. The van der Waals surface area contributed by atoms with E-state index in [0.717, 1.165) is 10.8 Å². The molecule has 6 heteroatoms. The van der Waals surface area contributed by atoms with Gasteiger partial charge in [-0.15, -0.1) is 0 Å². The first-order valence-electron chi connectivity index (χ1n) is 8.68. The number of hydrogen-bond acceptors (Lipinski definition) is 3. The van der Waals surface area contributed by atoms with Crippen LogP contribution < -0.4 is 4.74 Å². The van der Waals surface area contributed by atoms with Crippen LogP contribution in [-0.2, 0) is 0 Å². The molecule has 0 saturated heterocycles. The monoisotopic (exact) mass is 441 g/mol. The summed E-state index contributed by atoms with van der Waals surface area (Å²) in [5.74, 6) is 1.14. The van der Waals surface area contributed by atoms with Gasteiger partial charge in [-0.1, -0.05) is 65.1 Å². The number of hydrogen-bond donors (Lipinski definition) is 1. The lowest BCUT2D eigenvalue weighted by Gasteiger charge is -2.09. The summed E-state index contributed by atoms with van der Waals surface area (Å²) in [7, 11) is 0. The van der Waals surface area contributed by atoms with Gasteiger partial charge in [0.05, 0.1) is 15.7 Å². The molecule has 3 nitrogen and oxygen atoms in total. The molecule has 0 radical (unpaired) electrons. The number of aliphatic imine (C=N–C) groups is 1. The summed E-state index contributed by atoms with van der Waals surface area (Å²) in [6, 6.07) is 22.1. The highest BCUT2D eigenvalue weighted by molar-refractivity contribution is 6.36. The van der Waals surface area contributed by atoms with Gasteiger partial charge >= 0.3 is 0 Å². The van der Waals surface area contributed by atoms with Gasteiger partial charge in [-0.2, -0.15) is 0 Å². The number of halogens is 3. The smallest absolute Gasteiger partial charge is 0.146 e. The van der Waals surface area contributed by atoms with Crippen molar-refractivity contribution in [1.29, 1.82) is 0 Å². The quantitative estimate of drug-likeness (QED) is 0.325. The zero-order valence-electron chi connectivity index (χ0n) is 14.9. The zero-order valence-corrected chi connectivity index (χ0v) is 17.2. The number of phenolic OH excluding ortho intramolecular Hbond substituents is 1. The second-order valence-corrected chi connectivity index (χ2v) is 7.56. The molecule has 4 aromatic rings. The Balaban J connectivity index is 1.56. The Morgan fingerprint density at radius 3 is 2.38 bits per heavy atom. The molecular weight excluding hydrogens is 429 g/mol. The first-order chi connectivity index (χ1) is 14.0. The topological polar surface area (TPSA) is 41.8 Å². The molecule has 144 valence electrons. The second kappa shape index (κ2) is 8.34. The van der Waals surface area contributed by atoms with Crippen molar-refractivity contribution in [2.24, 2.45) is 4.99 Å². The van der Waals surface area contributed by atoms with Gasteiger partial charge in [0.1, 0.15) is 17.2 Å². The number of nitrogens with zero attached hydrogens (tertiary/aromatic N) is 1. The van der Waals surface area contributed by atoms with E-state index in [4.69, 9.17) is 39.5 Å². The Labute approximate surface area is 182 Å². The molecule has 0 bridgehead atoms. The Morgan fingerprint density at radius 2 is 1.59 bits per heavy atom. The van der Waals surface area contributed by atoms with Crippen LogP contribution in [-0.4, -0.2) is 11.3 Å². The molecule has 1 N–H and O–H groups in total. The van der Waals surface area contributed by atoms with Crippen LogP contribution in [0.4, 0.5) is 5.69 Å². The summed E-state index contributed by atoms with van der Waals surface area (Å²) in [5, 5.41) is 13.2. The summed E-state index contributed by atoms with van der Waals surface area (Å²) in [6.45, 7) is 0. The minimum atomic E-state index is -0.0813. The zero-order chi connectivity index (χ0) is 20.4. The van der Waals surface area contributed by atoms with Crippen molar-refractivity contribution < 1.29 is 9.84 Å². The van der Waals surface area contributed by atoms with Gasteiger partial charge in [0.2, 0.25) is 0 Å². The van der Waals surface area contributed by atoms with Crippen molar-refractivity contribution >= 4 is 57.5 Å². The summed E-state index contributed by atoms with van der Waals surface area (Å²) < 4.78 is 5.93. The maximum Gasteiger partial charge on any atom is 0.146 e. The van der Waals surface area contributed by atoms with E-state index in [9.17, 15) is 5.11 Å². The van der Waals surface area contributed by atoms with E-state index in [0.29, 0.717) is 32.8 Å². The minimum Gasteiger partial charge on any atom is -0.506 e. The molecule has 0 atom stereocenters. The third kappa shape index (κ3) is 4.48. The van der Waals surface area contributed by atoms with E-state index >= 15 is 0 Å². The lowest BCUT2D eigenvalue weighted by molar-refractivity contribution is 0.475. The van der Waals surface area contributed by atoms with E-state index in [2.05, 4.69) is 4.99 Å². The molecule has 0 spiro atoms. The first-order valence-corrected chi connectivity index (χ1v) is 9.81. The van der Waals surface area contributed by atoms with Crippen molar-refractivity contribution in [2.75, 3.05) is 0 Å². The Kier molecular flexibility index (Phi) is 5.63. The van der Waals surface area contributed by atoms with Crippen molar-refractivity contribution in [3.8, 4) is 17.2 Å². The van der Waals surface area contributed by atoms with Crippen LogP contribution in [0.1, 0.15) is 5.56 Å². The van der Waals surface area contributed by atoms with E-state index in [1.54, 1.807) is 24.3 Å². The van der Waals surface area contributed by atoms with Crippen molar-refractivity contribution in [3.05, 3.63) is 93.4 Å². The lowest BCUT2D eigenvalue weighted by Crippen LogP contribution is -1.86. The molecule has 4 rings (SSSR count). The normalized spacial score (nSPS) is 11.3. The van der Waals surface area contributed by atoms with Crippen LogP contribution >= 0.6 is 34.8 Å². The van der Waals surface area contributed by atoms with Gasteiger partial charge in [0.25, 0.3) is 0 Å². The fraction of sp³-hybridized carbons (Fsp3) is 0. The number of rotatable bonds is 4. The standard InChI is InChI=1S/C23H14Cl3NO2/c24-17-9-16(23(28)21(26)11-17)13-27-18-6-8-22(20(25)12-18)29-19-7-5-14-3-1-2-4-15(14)10-19/h1-13,28H. The van der Waals surface area contributed by atoms with Crippen LogP contribution in [0.15, 0.2) is 77.8 Å². The highest BCUT2D eigenvalue weighted by Crippen LogP contribution is 2.34. The van der Waals surface area contributed by atoms with E-state index in [1.807, 2.05) is 42.5 Å². The maximum absolute atomic E-state index is 10.0. The molecule has 0 heterocycles. The molecule has 0 fully saturated rings. The van der Waals surface area contributed by atoms with E-state index in [-0.39, 0.29) is 10.8 Å². The molecule has 0 aliphatic heterocycles. The summed E-state index contributed by atoms with van der Waals surface area (Å²) in [5.41, 5.74) is 1.01. The average molecular weight is 443 g/mol. The number of phenols is 1. The summed E-state index contributed by atoms with van der Waals surface area (Å²) >= 11 is 18.3. The van der Waals surface area contributed by atoms with E-state index in [1.165, 1.54) is 12.3 Å². The lowest BCUT2D eigenvalue weighted by atomic mass is 10.1. The van der Waals surface area contributed by atoms with Crippen LogP contribution in [0.3, 0.4) is 0 Å². The van der Waals surface area contributed by atoms with E-state index < -0.39 is 0 Å². The Bertz CT molecular complexity index is 1240. The van der Waals surface area contributed by atoms with Gasteiger partial charge in [-0.05, 0) is 53.2 Å². The summed E-state index contributed by atoms with van der Waals surface area (Å²) in [6.07, 6.45) is 1.47. The highest BCUT2D eigenvalue weighted by Gasteiger charge is 2.08. The predicted octanol–water partition coefficient (Wildman–Crippen LogP) is 8.05. The van der Waals surface area contributed by atoms with Gasteiger partial charge in [0.15, 0.2) is 0 Å². The average Bonchev–Trinajstić information content (AvgIpc) is 2.71. The SMILES string of the molecule is Oc1c(Cl)cc(Cl)cc1C=Nc1ccc(Oc2ccc3ccccc3c2)c(Cl)c1. The van der Waals surface area contributed by atoms with Crippen LogP contribution in [0.5, 0.6) is 17.2 Å². The minimum absolute atomic E-state index is 0.0813. The highest BCUT2D eigenvalue weighted by atomic mass is 35.5. The van der Waals surface area contributed by atoms with Crippen molar-refractivity contribution in [2.45, 2.75) is 0 Å². The molecule has 0 aliphatic rings. The molecule has 0 saturated carbocycles. The van der Waals surface area contributed by atoms with Crippen LogP contribution in [0.2, 0.25) is 15.1 Å². The number of ether oxygens (including phenoxy) is 1. The molecule has 0 aliphatic carbocycles. The maximum atomic E-state index is 10.0. The predicted molar refractivity (Wildman–Crippen MR) is 121 cm³/mol. The largest absolute Gasteiger partial charge is 0.506 e. The second-order valence-electron chi connectivity index (χ2n) is 6.31. The Hall–Kier alpha value is -2.72. The number of aromatic hydroxyl groups is 1. The number of benzene rings is 4. The first kappa shape index (κ1) is 19.6. The number of fused-ring (bicyclic) bond motifs is 1. The molecule has 0 unspecified atom stereocenters. The summed E-state index contributed by atoms with van der Waals surface area (Å²) in [4.78, 5) is 4.33. The van der Waals surface area contributed by atoms with Crippen LogP contribution in [0.25, 0.3) is 10.8 Å². The molecule has 4 aromatic carbocycles. The fourth-order valence-electron chi connectivity index (χ4n) is 2.84. The molecule has 0 amide bonds. The van der Waals surface area contributed by atoms with Gasteiger partial charge in [-0.3, -0.25) is 4.99 Å². The molecular formula is C23H14Cl3NO2. The van der Waals surface area contributed by atoms with Crippen molar-refractivity contribution in [3.63, 3.8) is 0 Å². The molecule has 29 heavy (non-hydrogen) atoms.